The fourth-order valence-corrected chi connectivity index (χ4v) is 1.51. The third kappa shape index (κ3) is 17.8. The lowest BCUT2D eigenvalue weighted by Crippen LogP contribution is -2.08. The molecule has 0 aliphatic carbocycles. The minimum Gasteiger partial charge on any atom is -0.460 e. The number of carbonyl (C=O) groups is 1. The summed E-state index contributed by atoms with van der Waals surface area (Å²) in [5.74, 6) is -0.455. The lowest BCUT2D eigenvalue weighted by Gasteiger charge is -2.03. The maximum absolute atomic E-state index is 10.5. The van der Waals surface area contributed by atoms with Gasteiger partial charge in [0.15, 0.2) is 0 Å². The second-order valence-electron chi connectivity index (χ2n) is 2.70. The van der Waals surface area contributed by atoms with Crippen molar-refractivity contribution >= 4 is 21.6 Å². The largest absolute Gasteiger partial charge is 0.478 e. The van der Waals surface area contributed by atoms with Crippen LogP contribution in [0.1, 0.15) is 6.92 Å². The van der Waals surface area contributed by atoms with Crippen molar-refractivity contribution in [3.8, 4) is 0 Å². The second-order valence-corrected chi connectivity index (χ2v) is 5.32. The zero-order valence-corrected chi connectivity index (χ0v) is 11.1. The Morgan fingerprint density at radius 2 is 1.56 bits per heavy atom. The summed E-state index contributed by atoms with van der Waals surface area (Å²) in [6.07, 6.45) is 0. The number of phosphoric acid groups is 2. The minimum absolute atomic E-state index is 0.0473. The molecule has 0 amide bonds. The van der Waals surface area contributed by atoms with E-state index >= 15 is 0 Å². The Kier molecular flexibility index (Phi) is 9.35. The summed E-state index contributed by atoms with van der Waals surface area (Å²) >= 11 is 0. The third-order valence-corrected chi connectivity index (χ3v) is 2.59. The summed E-state index contributed by atoms with van der Waals surface area (Å²) in [5, 5.41) is 8.19. The van der Waals surface area contributed by atoms with Gasteiger partial charge in [0.1, 0.15) is 6.61 Å². The molecule has 0 bridgehead atoms. The van der Waals surface area contributed by atoms with Crippen LogP contribution in [0.4, 0.5) is 0 Å². The quantitative estimate of drug-likeness (QED) is 0.248. The zero-order chi connectivity index (χ0) is 15.0. The third-order valence-electron chi connectivity index (χ3n) is 0.886. The fourth-order valence-electron chi connectivity index (χ4n) is 0.400. The van der Waals surface area contributed by atoms with Gasteiger partial charge in [-0.15, -0.1) is 0 Å². The van der Waals surface area contributed by atoms with E-state index in [1.165, 1.54) is 0 Å². The average molecular weight is 308 g/mol. The first-order chi connectivity index (χ1) is 7.89. The molecule has 0 rings (SSSR count). The van der Waals surface area contributed by atoms with Gasteiger partial charge in [0, 0.05) is 5.57 Å². The van der Waals surface area contributed by atoms with Crippen LogP contribution in [0.2, 0.25) is 0 Å². The number of hydrogen-bond acceptors (Lipinski definition) is 6. The molecule has 10 nitrogen and oxygen atoms in total. The highest BCUT2D eigenvalue weighted by Gasteiger charge is 2.27. The SMILES string of the molecule is C=C(C)C(=O)OCCO.O=P(O)(O)OP(=O)(O)O. The first kappa shape index (κ1) is 19.8. The summed E-state index contributed by atoms with van der Waals surface area (Å²) in [6, 6.07) is 0. The van der Waals surface area contributed by atoms with E-state index in [-0.39, 0.29) is 13.2 Å². The molecule has 0 aromatic carbocycles. The molecule has 0 aliphatic rings. The first-order valence-corrected chi connectivity index (χ1v) is 7.21. The predicted octanol–water partition coefficient (Wildman–Crippen LogP) is -0.714. The summed E-state index contributed by atoms with van der Waals surface area (Å²) in [4.78, 5) is 41.5. The molecule has 0 spiro atoms. The number of hydrogen-bond donors (Lipinski definition) is 5. The smallest absolute Gasteiger partial charge is 0.460 e. The lowest BCUT2D eigenvalue weighted by molar-refractivity contribution is -0.139. The topological polar surface area (TPSA) is 171 Å². The van der Waals surface area contributed by atoms with Gasteiger partial charge in [0.25, 0.3) is 0 Å². The van der Waals surface area contributed by atoms with Crippen LogP contribution in [-0.2, 0) is 23.0 Å². The highest BCUT2D eigenvalue weighted by Crippen LogP contribution is 2.53. The van der Waals surface area contributed by atoms with Crippen LogP contribution in [0.15, 0.2) is 12.2 Å². The number of rotatable bonds is 5. The van der Waals surface area contributed by atoms with Gasteiger partial charge < -0.3 is 29.4 Å². The molecule has 0 aromatic rings. The number of aliphatic hydroxyl groups is 1. The molecular formula is C6H14O10P2. The fraction of sp³-hybridized carbons (Fsp3) is 0.500. The predicted molar refractivity (Wildman–Crippen MR) is 58.0 cm³/mol. The van der Waals surface area contributed by atoms with E-state index in [1.807, 2.05) is 0 Å². The molecule has 0 heterocycles. The summed E-state index contributed by atoms with van der Waals surface area (Å²) in [5.41, 5.74) is 0.350. The van der Waals surface area contributed by atoms with Gasteiger partial charge in [-0.2, -0.15) is 4.31 Å². The molecule has 0 atom stereocenters. The van der Waals surface area contributed by atoms with E-state index in [1.54, 1.807) is 6.92 Å². The van der Waals surface area contributed by atoms with Crippen LogP contribution < -0.4 is 0 Å². The lowest BCUT2D eigenvalue weighted by atomic mass is 10.4. The van der Waals surface area contributed by atoms with Crippen molar-refractivity contribution in [2.45, 2.75) is 6.92 Å². The number of esters is 1. The van der Waals surface area contributed by atoms with Crippen molar-refractivity contribution < 1.29 is 47.7 Å². The Hall–Kier alpha value is -0.570. The molecule has 0 aliphatic heterocycles. The van der Waals surface area contributed by atoms with Gasteiger partial charge in [-0.1, -0.05) is 6.58 Å². The van der Waals surface area contributed by atoms with Crippen LogP contribution in [0, 0.1) is 0 Å². The maximum atomic E-state index is 10.5. The van der Waals surface area contributed by atoms with Crippen molar-refractivity contribution in [3.05, 3.63) is 12.2 Å². The van der Waals surface area contributed by atoms with Crippen molar-refractivity contribution in [3.63, 3.8) is 0 Å². The van der Waals surface area contributed by atoms with Crippen LogP contribution in [0.3, 0.4) is 0 Å². The van der Waals surface area contributed by atoms with E-state index in [4.69, 9.17) is 24.7 Å². The summed E-state index contributed by atoms with van der Waals surface area (Å²) in [6.45, 7) is 4.81. The Morgan fingerprint density at radius 3 is 1.72 bits per heavy atom. The maximum Gasteiger partial charge on any atom is 0.478 e. The first-order valence-electron chi connectivity index (χ1n) is 4.15. The average Bonchev–Trinajstić information content (AvgIpc) is 2.08. The molecule has 0 radical (unpaired) electrons. The van der Waals surface area contributed by atoms with Gasteiger partial charge in [0.2, 0.25) is 0 Å². The molecule has 0 saturated carbocycles. The minimum atomic E-state index is -5.05. The van der Waals surface area contributed by atoms with Gasteiger partial charge in [-0.25, -0.2) is 13.9 Å². The molecule has 0 unspecified atom stereocenters. The van der Waals surface area contributed by atoms with Crippen LogP contribution in [0.25, 0.3) is 0 Å². The standard InChI is InChI=1S/C6H10O3.H4O7P2/c1-5(2)6(8)9-4-3-7;1-8(2,3)7-9(4,5)6/h7H,1,3-4H2,2H3;(H2,1,2,3)(H2,4,5,6). The zero-order valence-electron chi connectivity index (χ0n) is 9.29. The van der Waals surface area contributed by atoms with Crippen molar-refractivity contribution in [1.82, 2.24) is 0 Å². The van der Waals surface area contributed by atoms with Gasteiger partial charge >= 0.3 is 21.6 Å². The molecule has 12 heteroatoms. The molecule has 0 aromatic heterocycles. The normalized spacial score (nSPS) is 11.2. The second kappa shape index (κ2) is 8.52. The highest BCUT2D eigenvalue weighted by atomic mass is 31.3. The monoisotopic (exact) mass is 308 g/mol. The van der Waals surface area contributed by atoms with E-state index in [9.17, 15) is 13.9 Å². The summed E-state index contributed by atoms with van der Waals surface area (Å²) < 4.78 is 26.7. The molecule has 5 N–H and O–H groups in total. The van der Waals surface area contributed by atoms with Gasteiger partial charge in [-0.3, -0.25) is 0 Å². The molecular weight excluding hydrogens is 294 g/mol. The molecule has 0 fully saturated rings. The van der Waals surface area contributed by atoms with Crippen LogP contribution in [-0.4, -0.2) is 43.9 Å². The van der Waals surface area contributed by atoms with Crippen molar-refractivity contribution in [2.24, 2.45) is 0 Å². The van der Waals surface area contributed by atoms with E-state index < -0.39 is 21.6 Å². The van der Waals surface area contributed by atoms with E-state index in [2.05, 4.69) is 15.6 Å². The Bertz CT molecular complexity index is 345. The van der Waals surface area contributed by atoms with Gasteiger partial charge in [0.05, 0.1) is 6.61 Å². The van der Waals surface area contributed by atoms with E-state index in [0.717, 1.165) is 0 Å². The van der Waals surface area contributed by atoms with Crippen molar-refractivity contribution in [1.29, 1.82) is 0 Å². The number of aliphatic hydroxyl groups excluding tert-OH is 1. The summed E-state index contributed by atoms with van der Waals surface area (Å²) in [7, 11) is -10.1. The Labute approximate surface area is 102 Å². The Morgan fingerprint density at radius 1 is 1.17 bits per heavy atom. The van der Waals surface area contributed by atoms with Gasteiger partial charge in [-0.05, 0) is 6.92 Å². The van der Waals surface area contributed by atoms with Crippen molar-refractivity contribution in [2.75, 3.05) is 13.2 Å². The molecule has 108 valence electrons. The van der Waals surface area contributed by atoms with Crippen LogP contribution >= 0.6 is 15.6 Å². The van der Waals surface area contributed by atoms with E-state index in [0.29, 0.717) is 5.57 Å². The highest BCUT2D eigenvalue weighted by molar-refractivity contribution is 7.60. The Balaban J connectivity index is 0. The number of ether oxygens (including phenoxy) is 1. The number of carbonyl (C=O) groups excluding carboxylic acids is 1. The molecule has 0 saturated heterocycles. The van der Waals surface area contributed by atoms with Crippen LogP contribution in [0.5, 0.6) is 0 Å². The molecule has 18 heavy (non-hydrogen) atoms.